The molecule has 2 aromatic carbocycles. The van der Waals surface area contributed by atoms with Crippen molar-refractivity contribution in [3.05, 3.63) is 63.3 Å². The van der Waals surface area contributed by atoms with Crippen LogP contribution in [0.3, 0.4) is 0 Å². The lowest BCUT2D eigenvalue weighted by Gasteiger charge is -2.08. The maximum atomic E-state index is 12.2. The maximum Gasteiger partial charge on any atom is 0.363 e. The summed E-state index contributed by atoms with van der Waals surface area (Å²) < 4.78 is 20.5. The number of aliphatic imine (C=N–C) groups is 1. The quantitative estimate of drug-likeness (QED) is 0.326. The van der Waals surface area contributed by atoms with Gasteiger partial charge in [-0.05, 0) is 36.4 Å². The number of carbonyl (C=O) groups is 1. The van der Waals surface area contributed by atoms with Gasteiger partial charge in [-0.1, -0.05) is 0 Å². The molecule has 9 heteroatoms. The summed E-state index contributed by atoms with van der Waals surface area (Å²) in [6.07, 6.45) is 1.28. The first-order valence-electron chi connectivity index (χ1n) is 8.04. The van der Waals surface area contributed by atoms with E-state index >= 15 is 0 Å². The average Bonchev–Trinajstić information content (AvgIpc) is 3.07. The number of hydrogen-bond acceptors (Lipinski definition) is 8. The molecule has 0 spiro atoms. The molecule has 0 saturated carbocycles. The van der Waals surface area contributed by atoms with Gasteiger partial charge in [0.05, 0.1) is 37.9 Å². The zero-order valence-corrected chi connectivity index (χ0v) is 15.3. The van der Waals surface area contributed by atoms with Crippen LogP contribution >= 0.6 is 0 Å². The second-order valence-electron chi connectivity index (χ2n) is 5.59. The molecule has 0 aliphatic carbocycles. The minimum Gasteiger partial charge on any atom is -0.497 e. The van der Waals surface area contributed by atoms with Gasteiger partial charge in [0.2, 0.25) is 5.90 Å². The Morgan fingerprint density at radius 1 is 1.04 bits per heavy atom. The highest BCUT2D eigenvalue weighted by molar-refractivity contribution is 6.13. The van der Waals surface area contributed by atoms with Crippen molar-refractivity contribution in [2.24, 2.45) is 4.99 Å². The number of nitrogens with zero attached hydrogens (tertiary/aromatic N) is 2. The molecule has 0 radical (unpaired) electrons. The van der Waals surface area contributed by atoms with Crippen molar-refractivity contribution in [1.29, 1.82) is 0 Å². The van der Waals surface area contributed by atoms with Crippen molar-refractivity contribution in [2.75, 3.05) is 21.3 Å². The average molecular weight is 384 g/mol. The monoisotopic (exact) mass is 384 g/mol. The van der Waals surface area contributed by atoms with Gasteiger partial charge in [-0.3, -0.25) is 10.1 Å². The predicted molar refractivity (Wildman–Crippen MR) is 99.8 cm³/mol. The van der Waals surface area contributed by atoms with Crippen LogP contribution in [0.2, 0.25) is 0 Å². The normalized spacial score (nSPS) is 14.5. The Hall–Kier alpha value is -3.88. The summed E-state index contributed by atoms with van der Waals surface area (Å²) in [4.78, 5) is 27.2. The SMILES string of the molecule is COc1ccc(C2=N/C(=C\c3cc(OC)c(OC)cc3[N+](=O)[O-])C(=O)O2)cc1. The molecule has 144 valence electrons. The first kappa shape index (κ1) is 18.9. The largest absolute Gasteiger partial charge is 0.497 e. The zero-order chi connectivity index (χ0) is 20.3. The van der Waals surface area contributed by atoms with Crippen LogP contribution in [0, 0.1) is 10.1 Å². The van der Waals surface area contributed by atoms with E-state index in [0.29, 0.717) is 11.3 Å². The molecule has 9 nitrogen and oxygen atoms in total. The Bertz CT molecular complexity index is 994. The van der Waals surface area contributed by atoms with Crippen LogP contribution in [0.25, 0.3) is 6.08 Å². The van der Waals surface area contributed by atoms with Crippen molar-refractivity contribution in [1.82, 2.24) is 0 Å². The summed E-state index contributed by atoms with van der Waals surface area (Å²) in [5, 5.41) is 11.4. The van der Waals surface area contributed by atoms with E-state index in [2.05, 4.69) is 4.99 Å². The van der Waals surface area contributed by atoms with Crippen LogP contribution in [0.1, 0.15) is 11.1 Å². The number of cyclic esters (lactones) is 1. The Labute approximate surface area is 160 Å². The van der Waals surface area contributed by atoms with Gasteiger partial charge in [0.25, 0.3) is 5.69 Å². The van der Waals surface area contributed by atoms with E-state index in [4.69, 9.17) is 18.9 Å². The number of esters is 1. The van der Waals surface area contributed by atoms with E-state index in [0.717, 1.165) is 0 Å². The lowest BCUT2D eigenvalue weighted by atomic mass is 10.1. The number of rotatable bonds is 6. The third-order valence-corrected chi connectivity index (χ3v) is 3.98. The Morgan fingerprint density at radius 3 is 2.25 bits per heavy atom. The van der Waals surface area contributed by atoms with Crippen LogP contribution in [-0.2, 0) is 9.53 Å². The van der Waals surface area contributed by atoms with E-state index in [9.17, 15) is 14.9 Å². The van der Waals surface area contributed by atoms with Crippen LogP contribution in [-0.4, -0.2) is 38.1 Å². The van der Waals surface area contributed by atoms with Crippen molar-refractivity contribution in [3.63, 3.8) is 0 Å². The minimum atomic E-state index is -0.713. The van der Waals surface area contributed by atoms with E-state index in [1.807, 2.05) is 0 Å². The summed E-state index contributed by atoms with van der Waals surface area (Å²) in [7, 11) is 4.32. The molecule has 0 amide bonds. The number of benzene rings is 2. The lowest BCUT2D eigenvalue weighted by molar-refractivity contribution is -0.385. The van der Waals surface area contributed by atoms with E-state index < -0.39 is 10.9 Å². The molecule has 0 saturated heterocycles. The van der Waals surface area contributed by atoms with Crippen LogP contribution in [0.4, 0.5) is 5.69 Å². The fourth-order valence-electron chi connectivity index (χ4n) is 2.57. The number of carbonyl (C=O) groups excluding carboxylic acids is 1. The Balaban J connectivity index is 2.03. The molecular weight excluding hydrogens is 368 g/mol. The third kappa shape index (κ3) is 3.63. The van der Waals surface area contributed by atoms with Crippen LogP contribution < -0.4 is 14.2 Å². The van der Waals surface area contributed by atoms with Gasteiger partial charge in [0.15, 0.2) is 17.2 Å². The van der Waals surface area contributed by atoms with Gasteiger partial charge in [-0.15, -0.1) is 0 Å². The number of ether oxygens (including phenoxy) is 4. The minimum absolute atomic E-state index is 0.0684. The molecule has 1 heterocycles. The maximum absolute atomic E-state index is 12.2. The first-order valence-corrected chi connectivity index (χ1v) is 8.04. The summed E-state index contributed by atoms with van der Waals surface area (Å²) in [6, 6.07) is 9.40. The van der Waals surface area contributed by atoms with Gasteiger partial charge in [-0.2, -0.15) is 0 Å². The highest BCUT2D eigenvalue weighted by Gasteiger charge is 2.26. The van der Waals surface area contributed by atoms with E-state index in [1.54, 1.807) is 31.4 Å². The van der Waals surface area contributed by atoms with E-state index in [-0.39, 0.29) is 34.3 Å². The van der Waals surface area contributed by atoms with Crippen molar-refractivity contribution >= 4 is 23.6 Å². The molecule has 3 rings (SSSR count). The van der Waals surface area contributed by atoms with Gasteiger partial charge in [-0.25, -0.2) is 9.79 Å². The molecule has 0 aromatic heterocycles. The molecule has 2 aromatic rings. The number of methoxy groups -OCH3 is 3. The van der Waals surface area contributed by atoms with Gasteiger partial charge in [0, 0.05) is 5.56 Å². The second kappa shape index (κ2) is 7.78. The molecule has 1 aliphatic heterocycles. The molecular formula is C19H16N2O7. The Morgan fingerprint density at radius 2 is 1.68 bits per heavy atom. The molecule has 0 fully saturated rings. The van der Waals surface area contributed by atoms with Gasteiger partial charge < -0.3 is 18.9 Å². The summed E-state index contributed by atoms with van der Waals surface area (Å²) >= 11 is 0. The summed E-state index contributed by atoms with van der Waals surface area (Å²) in [5.74, 6) is 0.515. The predicted octanol–water partition coefficient (Wildman–Crippen LogP) is 2.97. The standard InChI is InChI=1S/C19H16N2O7/c1-25-13-6-4-11(5-7-13)18-20-14(19(22)28-18)8-12-9-16(26-2)17(27-3)10-15(12)21(23)24/h4-10H,1-3H3/b14-8-. The fraction of sp³-hybridized carbons (Fsp3) is 0.158. The second-order valence-corrected chi connectivity index (χ2v) is 5.59. The smallest absolute Gasteiger partial charge is 0.363 e. The molecule has 1 aliphatic rings. The van der Waals surface area contributed by atoms with Crippen LogP contribution in [0.5, 0.6) is 17.2 Å². The third-order valence-electron chi connectivity index (χ3n) is 3.98. The van der Waals surface area contributed by atoms with Crippen molar-refractivity contribution in [3.8, 4) is 17.2 Å². The molecule has 0 N–H and O–H groups in total. The van der Waals surface area contributed by atoms with Gasteiger partial charge >= 0.3 is 5.97 Å². The molecule has 0 atom stereocenters. The number of hydrogen-bond donors (Lipinski definition) is 0. The highest BCUT2D eigenvalue weighted by Crippen LogP contribution is 2.36. The number of nitro groups is 1. The Kier molecular flexibility index (Phi) is 5.25. The molecule has 28 heavy (non-hydrogen) atoms. The molecule has 0 unspecified atom stereocenters. The van der Waals surface area contributed by atoms with Crippen LogP contribution in [0.15, 0.2) is 47.1 Å². The zero-order valence-electron chi connectivity index (χ0n) is 15.3. The van der Waals surface area contributed by atoms with Gasteiger partial charge in [0.1, 0.15) is 5.75 Å². The van der Waals surface area contributed by atoms with Crippen molar-refractivity contribution in [2.45, 2.75) is 0 Å². The van der Waals surface area contributed by atoms with Crippen molar-refractivity contribution < 1.29 is 28.7 Å². The summed E-state index contributed by atoms with van der Waals surface area (Å²) in [5.41, 5.74) is 0.376. The topological polar surface area (TPSA) is 109 Å². The lowest BCUT2D eigenvalue weighted by Crippen LogP contribution is -2.05. The first-order chi connectivity index (χ1) is 13.5. The highest BCUT2D eigenvalue weighted by atomic mass is 16.6. The van der Waals surface area contributed by atoms with E-state index in [1.165, 1.54) is 32.4 Å². The fourth-order valence-corrected chi connectivity index (χ4v) is 2.57. The summed E-state index contributed by atoms with van der Waals surface area (Å²) in [6.45, 7) is 0. The molecule has 0 bridgehead atoms. The number of nitro benzene ring substituents is 1.